The van der Waals surface area contributed by atoms with E-state index in [1.54, 1.807) is 12.1 Å². The summed E-state index contributed by atoms with van der Waals surface area (Å²) in [6.45, 7) is 1.87. The van der Waals surface area contributed by atoms with Gasteiger partial charge in [0.15, 0.2) is 0 Å². The summed E-state index contributed by atoms with van der Waals surface area (Å²) < 4.78 is 0. The number of rotatable bonds is 2. The van der Waals surface area contributed by atoms with Gasteiger partial charge in [-0.2, -0.15) is 0 Å². The number of carboxylic acid groups (broad SMARTS) is 1. The summed E-state index contributed by atoms with van der Waals surface area (Å²) in [4.78, 5) is 38.0. The molecular weight excluding hydrogens is 282 g/mol. The number of fused-ring (bicyclic) bond motifs is 5. The maximum Gasteiger partial charge on any atom is 0.335 e. The Kier molecular flexibility index (Phi) is 2.45. The van der Waals surface area contributed by atoms with Gasteiger partial charge in [-0.15, -0.1) is 0 Å². The smallest absolute Gasteiger partial charge is 0.335 e. The molecule has 0 radical (unpaired) electrons. The number of anilines is 1. The van der Waals surface area contributed by atoms with E-state index >= 15 is 0 Å². The van der Waals surface area contributed by atoms with Crippen LogP contribution in [-0.4, -0.2) is 22.9 Å². The van der Waals surface area contributed by atoms with Gasteiger partial charge in [0.05, 0.1) is 22.6 Å². The average Bonchev–Trinajstić information content (AvgIpc) is 3.12. The van der Waals surface area contributed by atoms with E-state index in [0.29, 0.717) is 5.69 Å². The number of aromatic carboxylic acids is 1. The van der Waals surface area contributed by atoms with Crippen molar-refractivity contribution < 1.29 is 19.5 Å². The highest BCUT2D eigenvalue weighted by atomic mass is 16.4. The maximum absolute atomic E-state index is 12.9. The Hall–Kier alpha value is -2.43. The van der Waals surface area contributed by atoms with Gasteiger partial charge >= 0.3 is 5.97 Å². The molecule has 5 heteroatoms. The third-order valence-electron chi connectivity index (χ3n) is 5.46. The largest absolute Gasteiger partial charge is 0.478 e. The van der Waals surface area contributed by atoms with Gasteiger partial charge in [-0.1, -0.05) is 18.2 Å². The Morgan fingerprint density at radius 3 is 2.77 bits per heavy atom. The molecule has 2 aliphatic carbocycles. The van der Waals surface area contributed by atoms with Crippen LogP contribution in [0.15, 0.2) is 36.4 Å². The number of allylic oxidation sites excluding steroid dienone is 2. The molecule has 2 amide bonds. The normalized spacial score (nSPS) is 35.3. The van der Waals surface area contributed by atoms with Crippen molar-refractivity contribution in [3.05, 3.63) is 42.0 Å². The molecule has 1 aliphatic heterocycles. The predicted molar refractivity (Wildman–Crippen MR) is 78.2 cm³/mol. The standard InChI is InChI=1S/C17H15NO4/c1-17-11-6-5-9(7-11)13(17)14(19)18(16(17)22)12-4-2-3-10(8-12)15(20)21/h2-6,8-9,11,13H,7H2,1H3,(H,20,21). The van der Waals surface area contributed by atoms with Crippen molar-refractivity contribution in [2.75, 3.05) is 4.90 Å². The SMILES string of the molecule is CC12C(=O)N(c3cccc(C(=O)O)c3)C(=O)C1C1C=CC2C1. The monoisotopic (exact) mass is 297 g/mol. The van der Waals surface area contributed by atoms with Crippen molar-refractivity contribution in [3.8, 4) is 0 Å². The molecule has 22 heavy (non-hydrogen) atoms. The second-order valence-corrected chi connectivity index (χ2v) is 6.49. The van der Waals surface area contributed by atoms with Crippen LogP contribution in [0.25, 0.3) is 0 Å². The van der Waals surface area contributed by atoms with Gasteiger partial charge in [-0.25, -0.2) is 9.69 Å². The van der Waals surface area contributed by atoms with Crippen molar-refractivity contribution >= 4 is 23.5 Å². The first-order valence-electron chi connectivity index (χ1n) is 7.34. The Bertz CT molecular complexity index is 753. The molecule has 4 rings (SSSR count). The van der Waals surface area contributed by atoms with E-state index in [9.17, 15) is 14.4 Å². The third-order valence-corrected chi connectivity index (χ3v) is 5.46. The van der Waals surface area contributed by atoms with Gasteiger partial charge in [0.1, 0.15) is 0 Å². The first-order valence-corrected chi connectivity index (χ1v) is 7.34. The lowest BCUT2D eigenvalue weighted by molar-refractivity contribution is -0.127. The van der Waals surface area contributed by atoms with Crippen LogP contribution in [0.3, 0.4) is 0 Å². The fraction of sp³-hybridized carbons (Fsp3) is 0.353. The van der Waals surface area contributed by atoms with Crippen LogP contribution >= 0.6 is 0 Å². The van der Waals surface area contributed by atoms with Crippen LogP contribution in [0.4, 0.5) is 5.69 Å². The van der Waals surface area contributed by atoms with Crippen LogP contribution in [-0.2, 0) is 9.59 Å². The molecule has 0 aromatic heterocycles. The molecule has 112 valence electrons. The zero-order valence-electron chi connectivity index (χ0n) is 12.0. The Balaban J connectivity index is 1.79. The van der Waals surface area contributed by atoms with Gasteiger partial charge in [0.2, 0.25) is 11.8 Å². The van der Waals surface area contributed by atoms with E-state index in [-0.39, 0.29) is 35.1 Å². The Morgan fingerprint density at radius 2 is 2.09 bits per heavy atom. The number of amides is 2. The first kappa shape index (κ1) is 13.2. The molecule has 0 spiro atoms. The molecule has 1 aromatic carbocycles. The van der Waals surface area contributed by atoms with Crippen molar-refractivity contribution in [2.24, 2.45) is 23.2 Å². The highest BCUT2D eigenvalue weighted by Gasteiger charge is 2.67. The van der Waals surface area contributed by atoms with Crippen LogP contribution in [0.1, 0.15) is 23.7 Å². The number of hydrogen-bond donors (Lipinski definition) is 1. The van der Waals surface area contributed by atoms with Crippen molar-refractivity contribution in [2.45, 2.75) is 13.3 Å². The van der Waals surface area contributed by atoms with Crippen LogP contribution < -0.4 is 4.90 Å². The van der Waals surface area contributed by atoms with Crippen molar-refractivity contribution in [1.29, 1.82) is 0 Å². The number of benzene rings is 1. The zero-order chi connectivity index (χ0) is 15.6. The van der Waals surface area contributed by atoms with Gasteiger partial charge < -0.3 is 5.11 Å². The fourth-order valence-corrected chi connectivity index (χ4v) is 4.33. The van der Waals surface area contributed by atoms with Gasteiger partial charge in [0.25, 0.3) is 0 Å². The summed E-state index contributed by atoms with van der Waals surface area (Å²) in [5.74, 6) is -1.57. The molecule has 4 atom stereocenters. The minimum absolute atomic E-state index is 0.0707. The number of imide groups is 1. The summed E-state index contributed by atoms with van der Waals surface area (Å²) in [6, 6.07) is 6.01. The molecule has 1 saturated carbocycles. The minimum atomic E-state index is -1.07. The molecule has 3 aliphatic rings. The molecule has 1 aromatic rings. The van der Waals surface area contributed by atoms with Crippen LogP contribution in [0.2, 0.25) is 0 Å². The number of nitrogens with zero attached hydrogens (tertiary/aromatic N) is 1. The third kappa shape index (κ3) is 1.41. The second kappa shape index (κ2) is 4.06. The first-order chi connectivity index (χ1) is 10.4. The van der Waals surface area contributed by atoms with Crippen molar-refractivity contribution in [3.63, 3.8) is 0 Å². The number of hydrogen-bond acceptors (Lipinski definition) is 3. The minimum Gasteiger partial charge on any atom is -0.478 e. The summed E-state index contributed by atoms with van der Waals surface area (Å²) in [5.41, 5.74) is -0.262. The highest BCUT2D eigenvalue weighted by Crippen LogP contribution is 2.60. The number of carbonyl (C=O) groups excluding carboxylic acids is 2. The van der Waals surface area contributed by atoms with E-state index in [4.69, 9.17) is 5.11 Å². The summed E-state index contributed by atoms with van der Waals surface area (Å²) in [5, 5.41) is 9.09. The molecule has 2 bridgehead atoms. The summed E-state index contributed by atoms with van der Waals surface area (Å²) >= 11 is 0. The summed E-state index contributed by atoms with van der Waals surface area (Å²) in [7, 11) is 0. The van der Waals surface area contributed by atoms with E-state index in [2.05, 4.69) is 0 Å². The highest BCUT2D eigenvalue weighted by molar-refractivity contribution is 6.24. The predicted octanol–water partition coefficient (Wildman–Crippen LogP) is 2.09. The number of carboxylic acids is 1. The van der Waals surface area contributed by atoms with E-state index < -0.39 is 11.4 Å². The Morgan fingerprint density at radius 1 is 1.32 bits per heavy atom. The molecule has 1 N–H and O–H groups in total. The topological polar surface area (TPSA) is 74.7 Å². The van der Waals surface area contributed by atoms with Gasteiger partial charge in [0, 0.05) is 0 Å². The fourth-order valence-electron chi connectivity index (χ4n) is 4.33. The lowest BCUT2D eigenvalue weighted by atomic mass is 9.71. The molecule has 1 heterocycles. The van der Waals surface area contributed by atoms with E-state index in [0.717, 1.165) is 6.42 Å². The lowest BCUT2D eigenvalue weighted by Gasteiger charge is -2.28. The second-order valence-electron chi connectivity index (χ2n) is 6.49. The molecule has 1 saturated heterocycles. The van der Waals surface area contributed by atoms with Gasteiger partial charge in [-0.05, 0) is 43.4 Å². The van der Waals surface area contributed by atoms with Gasteiger partial charge in [-0.3, -0.25) is 9.59 Å². The lowest BCUT2D eigenvalue weighted by Crippen LogP contribution is -2.37. The van der Waals surface area contributed by atoms with Crippen LogP contribution in [0.5, 0.6) is 0 Å². The zero-order valence-corrected chi connectivity index (χ0v) is 12.0. The summed E-state index contributed by atoms with van der Waals surface area (Å²) in [6.07, 6.45) is 4.95. The van der Waals surface area contributed by atoms with E-state index in [1.807, 2.05) is 19.1 Å². The molecule has 5 nitrogen and oxygen atoms in total. The van der Waals surface area contributed by atoms with E-state index in [1.165, 1.54) is 17.0 Å². The number of carbonyl (C=O) groups is 3. The quantitative estimate of drug-likeness (QED) is 0.670. The molecule has 4 unspecified atom stereocenters. The molecular formula is C17H15NO4. The molecule has 2 fully saturated rings. The van der Waals surface area contributed by atoms with Crippen molar-refractivity contribution in [1.82, 2.24) is 0 Å². The average molecular weight is 297 g/mol. The maximum atomic E-state index is 12.9. The van der Waals surface area contributed by atoms with Crippen LogP contribution in [0, 0.1) is 23.2 Å². The Labute approximate surface area is 127 Å².